The molecule has 0 radical (unpaired) electrons. The second-order valence-corrected chi connectivity index (χ2v) is 15.2. The first kappa shape index (κ1) is 28.8. The first-order valence-electron chi connectivity index (χ1n) is 18.2. The van der Waals surface area contributed by atoms with E-state index < -0.39 is 0 Å². The van der Waals surface area contributed by atoms with Crippen LogP contribution in [0.5, 0.6) is 0 Å². The number of para-hydroxylation sites is 2. The largest absolute Gasteiger partial charge is 0.355 e. The van der Waals surface area contributed by atoms with Gasteiger partial charge in [-0.25, -0.2) is 0 Å². The van der Waals surface area contributed by atoms with Gasteiger partial charge in [0.15, 0.2) is 0 Å². The number of anilines is 2. The monoisotopic (exact) mass is 631 g/mol. The summed E-state index contributed by atoms with van der Waals surface area (Å²) in [6.07, 6.45) is 8.06. The van der Waals surface area contributed by atoms with Crippen LogP contribution >= 0.6 is 0 Å². The molecule has 1 N–H and O–H groups in total. The van der Waals surface area contributed by atoms with Crippen LogP contribution in [-0.4, -0.2) is 0 Å². The third-order valence-electron chi connectivity index (χ3n) is 12.4. The lowest BCUT2D eigenvalue weighted by molar-refractivity contribution is 0.110. The molecule has 49 heavy (non-hydrogen) atoms. The van der Waals surface area contributed by atoms with Gasteiger partial charge in [0.25, 0.3) is 0 Å². The first-order chi connectivity index (χ1) is 24.2. The molecule has 10 rings (SSSR count). The van der Waals surface area contributed by atoms with Crippen LogP contribution in [0.2, 0.25) is 0 Å². The summed E-state index contributed by atoms with van der Waals surface area (Å²) >= 11 is 0. The minimum Gasteiger partial charge on any atom is -0.355 e. The van der Waals surface area contributed by atoms with Crippen molar-refractivity contribution in [3.8, 4) is 44.5 Å². The number of benzene rings is 6. The molecule has 1 heteroatoms. The summed E-state index contributed by atoms with van der Waals surface area (Å²) in [4.78, 5) is 0. The quantitative estimate of drug-likeness (QED) is 0.180. The van der Waals surface area contributed by atoms with Crippen LogP contribution < -0.4 is 5.32 Å². The van der Waals surface area contributed by atoms with Crippen LogP contribution in [0.1, 0.15) is 49.7 Å². The molecule has 2 fully saturated rings. The van der Waals surface area contributed by atoms with E-state index in [4.69, 9.17) is 0 Å². The van der Waals surface area contributed by atoms with Gasteiger partial charge in [-0.15, -0.1) is 0 Å². The summed E-state index contributed by atoms with van der Waals surface area (Å²) in [6.45, 7) is 2.44. The third-order valence-corrected chi connectivity index (χ3v) is 12.4. The Morgan fingerprint density at radius 1 is 0.531 bits per heavy atom. The second kappa shape index (κ2) is 11.2. The van der Waals surface area contributed by atoms with Gasteiger partial charge in [0, 0.05) is 28.4 Å². The number of nitrogens with one attached hydrogen (secondary N) is 1. The molecule has 2 bridgehead atoms. The highest BCUT2D eigenvalue weighted by Crippen LogP contribution is 2.73. The van der Waals surface area contributed by atoms with Crippen molar-refractivity contribution in [2.24, 2.45) is 23.2 Å². The summed E-state index contributed by atoms with van der Waals surface area (Å²) in [6, 6.07) is 53.8. The van der Waals surface area contributed by atoms with Gasteiger partial charge < -0.3 is 5.32 Å². The standard InChI is InChI=1S/C48H41N/c1-31-25-32-27-44-35(26-31)30-48(44,29-32)47-42-20-8-7-18-39(42)40-24-23-34(28-43(40)47)36-15-5-6-17-38(36)41-19-10-12-22-46(41)49-45-21-11-9-16-37(45)33-13-3-2-4-14-33/h2-24,26,28,31-32,44,47,49H,25,27,29-30H2,1H3. The normalized spacial score (nSPS) is 24.3. The molecule has 238 valence electrons. The minimum atomic E-state index is 0.360. The number of hydrogen-bond acceptors (Lipinski definition) is 1. The van der Waals surface area contributed by atoms with E-state index in [2.05, 4.69) is 164 Å². The Kier molecular flexibility index (Phi) is 6.60. The van der Waals surface area contributed by atoms with Gasteiger partial charge in [-0.1, -0.05) is 146 Å². The van der Waals surface area contributed by atoms with Gasteiger partial charge in [0.2, 0.25) is 0 Å². The summed E-state index contributed by atoms with van der Waals surface area (Å²) in [5.74, 6) is 2.81. The van der Waals surface area contributed by atoms with Gasteiger partial charge in [0.1, 0.15) is 0 Å². The Balaban J connectivity index is 1.07. The summed E-state index contributed by atoms with van der Waals surface area (Å²) < 4.78 is 0. The average Bonchev–Trinajstić information content (AvgIpc) is 3.57. The van der Waals surface area contributed by atoms with Gasteiger partial charge in [-0.3, -0.25) is 0 Å². The van der Waals surface area contributed by atoms with Crippen molar-refractivity contribution in [3.05, 3.63) is 168 Å². The Morgan fingerprint density at radius 3 is 1.98 bits per heavy atom. The molecule has 2 saturated carbocycles. The molecule has 0 spiro atoms. The fourth-order valence-electron chi connectivity index (χ4n) is 10.6. The molecular weight excluding hydrogens is 591 g/mol. The van der Waals surface area contributed by atoms with Crippen molar-refractivity contribution >= 4 is 11.4 Å². The summed E-state index contributed by atoms with van der Waals surface area (Å²) in [5.41, 5.74) is 17.8. The molecule has 0 aromatic heterocycles. The lowest BCUT2D eigenvalue weighted by Gasteiger charge is -2.53. The maximum Gasteiger partial charge on any atom is 0.0464 e. The van der Waals surface area contributed by atoms with Gasteiger partial charge >= 0.3 is 0 Å². The first-order valence-corrected chi connectivity index (χ1v) is 18.2. The average molecular weight is 632 g/mol. The van der Waals surface area contributed by atoms with Crippen molar-refractivity contribution in [2.75, 3.05) is 5.32 Å². The van der Waals surface area contributed by atoms with Gasteiger partial charge in [-0.05, 0) is 112 Å². The van der Waals surface area contributed by atoms with E-state index in [1.165, 1.54) is 70.2 Å². The molecule has 6 aromatic carbocycles. The van der Waals surface area contributed by atoms with E-state index in [-0.39, 0.29) is 0 Å². The lowest BCUT2D eigenvalue weighted by atomic mass is 9.50. The van der Waals surface area contributed by atoms with Crippen molar-refractivity contribution in [3.63, 3.8) is 0 Å². The molecule has 5 unspecified atom stereocenters. The second-order valence-electron chi connectivity index (χ2n) is 15.2. The van der Waals surface area contributed by atoms with Crippen LogP contribution in [-0.2, 0) is 0 Å². The van der Waals surface area contributed by atoms with Crippen molar-refractivity contribution in [1.29, 1.82) is 0 Å². The zero-order valence-corrected chi connectivity index (χ0v) is 28.1. The van der Waals surface area contributed by atoms with E-state index in [0.29, 0.717) is 11.3 Å². The van der Waals surface area contributed by atoms with E-state index in [1.807, 2.05) is 0 Å². The van der Waals surface area contributed by atoms with Crippen LogP contribution in [0.3, 0.4) is 0 Å². The topological polar surface area (TPSA) is 12.0 Å². The lowest BCUT2D eigenvalue weighted by Crippen LogP contribution is -2.43. The number of rotatable bonds is 6. The van der Waals surface area contributed by atoms with Crippen LogP contribution in [0.4, 0.5) is 11.4 Å². The maximum absolute atomic E-state index is 3.85. The maximum atomic E-state index is 3.85. The molecule has 0 heterocycles. The predicted octanol–water partition coefficient (Wildman–Crippen LogP) is 12.9. The molecule has 1 nitrogen and oxygen atoms in total. The SMILES string of the molecule is CC1C=C2CC3(C4c5ccccc5-c5ccc(-c6ccccc6-c6ccccc6Nc6ccccc6-c6ccccc6)cc54)CC(C1)CC23. The smallest absolute Gasteiger partial charge is 0.0464 e. The van der Waals surface area contributed by atoms with Crippen LogP contribution in [0.25, 0.3) is 44.5 Å². The molecule has 0 amide bonds. The van der Waals surface area contributed by atoms with E-state index >= 15 is 0 Å². The fraction of sp³-hybridized carbons (Fsp3) is 0.208. The predicted molar refractivity (Wildman–Crippen MR) is 205 cm³/mol. The highest BCUT2D eigenvalue weighted by Gasteiger charge is 2.62. The molecule has 0 aliphatic heterocycles. The number of allylic oxidation sites excluding steroid dienone is 2. The molecule has 4 aliphatic carbocycles. The van der Waals surface area contributed by atoms with E-state index in [9.17, 15) is 0 Å². The van der Waals surface area contributed by atoms with Crippen molar-refractivity contribution in [2.45, 2.75) is 38.5 Å². The molecular formula is C48H41N. The molecule has 5 atom stereocenters. The van der Waals surface area contributed by atoms with Crippen LogP contribution in [0, 0.1) is 23.2 Å². The van der Waals surface area contributed by atoms with Crippen molar-refractivity contribution in [1.82, 2.24) is 0 Å². The zero-order valence-electron chi connectivity index (χ0n) is 28.1. The molecule has 6 aromatic rings. The fourth-order valence-corrected chi connectivity index (χ4v) is 10.6. The van der Waals surface area contributed by atoms with Gasteiger partial charge in [0.05, 0.1) is 0 Å². The number of fused-ring (bicyclic) bond motifs is 4. The third kappa shape index (κ3) is 4.52. The minimum absolute atomic E-state index is 0.360. The number of hydrogen-bond donors (Lipinski definition) is 1. The molecule has 0 saturated heterocycles. The van der Waals surface area contributed by atoms with Crippen molar-refractivity contribution < 1.29 is 0 Å². The Morgan fingerprint density at radius 2 is 1.16 bits per heavy atom. The summed E-state index contributed by atoms with van der Waals surface area (Å²) in [7, 11) is 0. The Bertz CT molecular complexity index is 2260. The van der Waals surface area contributed by atoms with E-state index in [1.54, 1.807) is 16.7 Å². The Hall–Kier alpha value is -5.14. The zero-order chi connectivity index (χ0) is 32.5. The van der Waals surface area contributed by atoms with Gasteiger partial charge in [-0.2, -0.15) is 0 Å². The highest BCUT2D eigenvalue weighted by atomic mass is 14.9. The highest BCUT2D eigenvalue weighted by molar-refractivity contribution is 5.93. The summed E-state index contributed by atoms with van der Waals surface area (Å²) in [5, 5.41) is 3.85. The molecule has 4 aliphatic rings. The van der Waals surface area contributed by atoms with E-state index in [0.717, 1.165) is 29.1 Å². The Labute approximate surface area is 290 Å². The van der Waals surface area contributed by atoms with Crippen LogP contribution in [0.15, 0.2) is 157 Å².